The van der Waals surface area contributed by atoms with E-state index in [9.17, 15) is 0 Å². The van der Waals surface area contributed by atoms with Gasteiger partial charge in [-0.1, -0.05) is 0 Å². The van der Waals surface area contributed by atoms with Crippen molar-refractivity contribution in [2.45, 2.75) is 39.7 Å². The third-order valence-electron chi connectivity index (χ3n) is 3.06. The van der Waals surface area contributed by atoms with Crippen molar-refractivity contribution in [1.82, 2.24) is 0 Å². The van der Waals surface area contributed by atoms with E-state index < -0.39 is 0 Å². The minimum absolute atomic E-state index is 0.0241. The Kier molecular flexibility index (Phi) is 4.40. The van der Waals surface area contributed by atoms with Crippen LogP contribution in [0.25, 0.3) is 0 Å². The van der Waals surface area contributed by atoms with Crippen LogP contribution in [-0.2, 0) is 0 Å². The molecule has 0 amide bonds. The Hall–Kier alpha value is -1.22. The lowest BCUT2D eigenvalue weighted by atomic mass is 9.99. The molecule has 0 aromatic heterocycles. The number of hydrogen-bond acceptors (Lipinski definition) is 3. The molecule has 0 saturated heterocycles. The third-order valence-corrected chi connectivity index (χ3v) is 3.06. The van der Waals surface area contributed by atoms with Crippen molar-refractivity contribution in [1.29, 1.82) is 0 Å². The first-order valence-electron chi connectivity index (χ1n) is 6.03. The number of benzene rings is 1. The molecule has 0 aliphatic carbocycles. The minimum atomic E-state index is -0.0241. The third kappa shape index (κ3) is 3.63. The van der Waals surface area contributed by atoms with E-state index in [-0.39, 0.29) is 5.54 Å². The zero-order valence-corrected chi connectivity index (χ0v) is 11.6. The number of ether oxygens (including phenoxy) is 1. The van der Waals surface area contributed by atoms with E-state index in [1.54, 1.807) is 7.11 Å². The monoisotopic (exact) mass is 236 g/mol. The normalized spacial score (nSPS) is 11.4. The molecular weight excluding hydrogens is 212 g/mol. The molecule has 0 aliphatic heterocycles. The number of nitrogens with one attached hydrogen (secondary N) is 1. The Bertz CT molecular complexity index is 386. The van der Waals surface area contributed by atoms with Gasteiger partial charge in [-0.2, -0.15) is 0 Å². The van der Waals surface area contributed by atoms with Gasteiger partial charge in [0.05, 0.1) is 12.8 Å². The molecule has 0 saturated carbocycles. The van der Waals surface area contributed by atoms with E-state index in [4.69, 9.17) is 10.5 Å². The molecule has 3 N–H and O–H groups in total. The molecule has 96 valence electrons. The Labute approximate surface area is 104 Å². The van der Waals surface area contributed by atoms with Gasteiger partial charge in [0.25, 0.3) is 0 Å². The largest absolute Gasteiger partial charge is 0.495 e. The first-order valence-corrected chi connectivity index (χ1v) is 6.03. The predicted octanol–water partition coefficient (Wildman–Crippen LogP) is 2.85. The number of nitrogens with two attached hydrogens (primary N) is 1. The van der Waals surface area contributed by atoms with Crippen molar-refractivity contribution >= 4 is 5.69 Å². The second-order valence-corrected chi connectivity index (χ2v) is 5.18. The second-order valence-electron chi connectivity index (χ2n) is 5.18. The molecule has 0 spiro atoms. The van der Waals surface area contributed by atoms with Crippen LogP contribution in [0, 0.1) is 13.8 Å². The summed E-state index contributed by atoms with van der Waals surface area (Å²) in [5.74, 6) is 0.887. The van der Waals surface area contributed by atoms with Gasteiger partial charge in [-0.05, 0) is 63.9 Å². The van der Waals surface area contributed by atoms with Crippen LogP contribution in [0.5, 0.6) is 5.75 Å². The molecular formula is C14H24N2O. The molecule has 0 unspecified atom stereocenters. The van der Waals surface area contributed by atoms with E-state index in [0.29, 0.717) is 6.54 Å². The zero-order valence-electron chi connectivity index (χ0n) is 11.6. The maximum atomic E-state index is 5.62. The molecule has 1 aromatic rings. The maximum absolute atomic E-state index is 5.62. The van der Waals surface area contributed by atoms with Crippen molar-refractivity contribution < 1.29 is 4.74 Å². The van der Waals surface area contributed by atoms with E-state index >= 15 is 0 Å². The van der Waals surface area contributed by atoms with Gasteiger partial charge < -0.3 is 15.8 Å². The van der Waals surface area contributed by atoms with E-state index in [2.05, 4.69) is 45.1 Å². The average molecular weight is 236 g/mol. The molecule has 0 heterocycles. The van der Waals surface area contributed by atoms with E-state index in [0.717, 1.165) is 17.9 Å². The minimum Gasteiger partial charge on any atom is -0.495 e. The van der Waals surface area contributed by atoms with Gasteiger partial charge in [-0.15, -0.1) is 0 Å². The number of aryl methyl sites for hydroxylation is 2. The summed E-state index contributed by atoms with van der Waals surface area (Å²) in [4.78, 5) is 0. The molecule has 17 heavy (non-hydrogen) atoms. The highest BCUT2D eigenvalue weighted by atomic mass is 16.5. The predicted molar refractivity (Wildman–Crippen MR) is 73.8 cm³/mol. The Balaban J connectivity index is 3.01. The summed E-state index contributed by atoms with van der Waals surface area (Å²) < 4.78 is 5.41. The highest BCUT2D eigenvalue weighted by molar-refractivity contribution is 5.61. The molecule has 0 bridgehead atoms. The van der Waals surface area contributed by atoms with Crippen molar-refractivity contribution in [2.24, 2.45) is 5.73 Å². The molecule has 0 aliphatic rings. The summed E-state index contributed by atoms with van der Waals surface area (Å²) in [6.07, 6.45) is 0.920. The van der Waals surface area contributed by atoms with Crippen LogP contribution in [0.2, 0.25) is 0 Å². The van der Waals surface area contributed by atoms with Gasteiger partial charge in [0.1, 0.15) is 5.75 Å². The van der Waals surface area contributed by atoms with Crippen molar-refractivity contribution in [3.63, 3.8) is 0 Å². The van der Waals surface area contributed by atoms with E-state index in [1.807, 2.05) is 0 Å². The maximum Gasteiger partial charge on any atom is 0.142 e. The number of hydrogen-bond donors (Lipinski definition) is 2. The number of rotatable bonds is 5. The van der Waals surface area contributed by atoms with Crippen LogP contribution in [0.3, 0.4) is 0 Å². The van der Waals surface area contributed by atoms with Gasteiger partial charge in [-0.3, -0.25) is 0 Å². The van der Waals surface area contributed by atoms with Gasteiger partial charge in [0.2, 0.25) is 0 Å². The molecule has 1 rings (SSSR count). The summed E-state index contributed by atoms with van der Waals surface area (Å²) in [6, 6.07) is 4.20. The van der Waals surface area contributed by atoms with Crippen LogP contribution in [0.1, 0.15) is 31.4 Å². The second kappa shape index (κ2) is 5.41. The SMILES string of the molecule is COc1cc(C)c(C)cc1NC(C)(C)CCN. The Morgan fingerprint density at radius 2 is 1.82 bits per heavy atom. The number of anilines is 1. The summed E-state index contributed by atoms with van der Waals surface area (Å²) in [7, 11) is 1.70. The lowest BCUT2D eigenvalue weighted by Gasteiger charge is -2.28. The fourth-order valence-corrected chi connectivity index (χ4v) is 1.84. The van der Waals surface area contributed by atoms with Gasteiger partial charge >= 0.3 is 0 Å². The topological polar surface area (TPSA) is 47.3 Å². The van der Waals surface area contributed by atoms with Gasteiger partial charge in [0, 0.05) is 5.54 Å². The van der Waals surface area contributed by atoms with Gasteiger partial charge in [0.15, 0.2) is 0 Å². The van der Waals surface area contributed by atoms with E-state index in [1.165, 1.54) is 11.1 Å². The lowest BCUT2D eigenvalue weighted by Crippen LogP contribution is -2.33. The van der Waals surface area contributed by atoms with Crippen LogP contribution in [0.15, 0.2) is 12.1 Å². The fraction of sp³-hybridized carbons (Fsp3) is 0.571. The zero-order chi connectivity index (χ0) is 13.1. The summed E-state index contributed by atoms with van der Waals surface area (Å²) >= 11 is 0. The first-order chi connectivity index (χ1) is 7.89. The van der Waals surface area contributed by atoms with Crippen LogP contribution in [0.4, 0.5) is 5.69 Å². The standard InChI is InChI=1S/C14H24N2O/c1-10-8-12(13(17-5)9-11(10)2)16-14(3,4)6-7-15/h8-9,16H,6-7,15H2,1-5H3. The van der Waals surface area contributed by atoms with Crippen LogP contribution in [-0.4, -0.2) is 19.2 Å². The molecule has 0 fully saturated rings. The van der Waals surface area contributed by atoms with Crippen LogP contribution >= 0.6 is 0 Å². The lowest BCUT2D eigenvalue weighted by molar-refractivity contribution is 0.413. The van der Waals surface area contributed by atoms with Crippen molar-refractivity contribution in [3.8, 4) is 5.75 Å². The number of methoxy groups -OCH3 is 1. The summed E-state index contributed by atoms with van der Waals surface area (Å²) in [5, 5.41) is 3.50. The summed E-state index contributed by atoms with van der Waals surface area (Å²) in [6.45, 7) is 9.17. The Morgan fingerprint density at radius 1 is 1.24 bits per heavy atom. The van der Waals surface area contributed by atoms with Crippen molar-refractivity contribution in [3.05, 3.63) is 23.3 Å². The van der Waals surface area contributed by atoms with Gasteiger partial charge in [-0.25, -0.2) is 0 Å². The first kappa shape index (κ1) is 13.8. The fourth-order valence-electron chi connectivity index (χ4n) is 1.84. The smallest absolute Gasteiger partial charge is 0.142 e. The molecule has 3 heteroatoms. The molecule has 1 aromatic carbocycles. The highest BCUT2D eigenvalue weighted by Gasteiger charge is 2.18. The van der Waals surface area contributed by atoms with Crippen LogP contribution < -0.4 is 15.8 Å². The quantitative estimate of drug-likeness (QED) is 0.826. The molecule has 0 atom stereocenters. The summed E-state index contributed by atoms with van der Waals surface area (Å²) in [5.41, 5.74) is 9.13. The molecule has 3 nitrogen and oxygen atoms in total. The Morgan fingerprint density at radius 3 is 2.35 bits per heavy atom. The average Bonchev–Trinajstić information content (AvgIpc) is 2.22. The highest BCUT2D eigenvalue weighted by Crippen LogP contribution is 2.30. The van der Waals surface area contributed by atoms with Crippen molar-refractivity contribution in [2.75, 3.05) is 19.0 Å². The molecule has 0 radical (unpaired) electrons.